The predicted octanol–water partition coefficient (Wildman–Crippen LogP) is 3.90. The van der Waals surface area contributed by atoms with Crippen molar-refractivity contribution in [2.45, 2.75) is 17.2 Å². The summed E-state index contributed by atoms with van der Waals surface area (Å²) in [6.07, 6.45) is 0. The van der Waals surface area contributed by atoms with E-state index in [9.17, 15) is 4.79 Å². The number of fused-ring (bicyclic) bond motifs is 1. The Kier molecular flexibility index (Phi) is 5.86. The van der Waals surface area contributed by atoms with Gasteiger partial charge in [0.25, 0.3) is 0 Å². The minimum Gasteiger partial charge on any atom is -0.468 e. The molecule has 0 bridgehead atoms. The highest BCUT2D eigenvalue weighted by atomic mass is 32.2. The molecule has 1 unspecified atom stereocenters. The standard InChI is InChI=1S/C20H22O5S/c1-20(14-4-6-15(7-5-14)24-12-22-2)11-26-18-10-16(25-13-23-3)8-9-17(18)19(20)21/h4-10H,11-13H2,1-3H3. The summed E-state index contributed by atoms with van der Waals surface area (Å²) < 4.78 is 20.7. The Balaban J connectivity index is 1.82. The maximum atomic E-state index is 13.2. The summed E-state index contributed by atoms with van der Waals surface area (Å²) in [7, 11) is 3.16. The molecule has 5 nitrogen and oxygen atoms in total. The zero-order valence-corrected chi connectivity index (χ0v) is 15.9. The normalized spacial score (nSPS) is 19.1. The van der Waals surface area contributed by atoms with Gasteiger partial charge in [-0.25, -0.2) is 0 Å². The SMILES string of the molecule is COCOc1ccc(C2(C)CSc3cc(OCOC)ccc3C2=O)cc1. The maximum Gasteiger partial charge on any atom is 0.188 e. The van der Waals surface area contributed by atoms with Crippen LogP contribution in [0.25, 0.3) is 0 Å². The molecule has 0 N–H and O–H groups in total. The largest absolute Gasteiger partial charge is 0.468 e. The Labute approximate surface area is 157 Å². The summed E-state index contributed by atoms with van der Waals surface area (Å²) >= 11 is 1.67. The quantitative estimate of drug-likeness (QED) is 0.685. The summed E-state index contributed by atoms with van der Waals surface area (Å²) in [5.41, 5.74) is 1.13. The minimum absolute atomic E-state index is 0.120. The maximum absolute atomic E-state index is 13.2. The molecular formula is C20H22O5S. The first-order valence-electron chi connectivity index (χ1n) is 8.24. The lowest BCUT2D eigenvalue weighted by Gasteiger charge is -2.33. The molecule has 0 saturated heterocycles. The second-order valence-corrected chi connectivity index (χ2v) is 7.25. The topological polar surface area (TPSA) is 54.0 Å². The van der Waals surface area contributed by atoms with E-state index in [2.05, 4.69) is 0 Å². The van der Waals surface area contributed by atoms with Gasteiger partial charge in [0.15, 0.2) is 19.4 Å². The average molecular weight is 374 g/mol. The summed E-state index contributed by atoms with van der Waals surface area (Å²) in [6, 6.07) is 13.2. The second-order valence-electron chi connectivity index (χ2n) is 6.23. The fraction of sp³-hybridized carbons (Fsp3) is 0.350. The van der Waals surface area contributed by atoms with E-state index in [1.165, 1.54) is 0 Å². The molecule has 1 aliphatic heterocycles. The zero-order chi connectivity index (χ0) is 18.6. The Morgan fingerprint density at radius 3 is 2.23 bits per heavy atom. The molecule has 1 aliphatic rings. The van der Waals surface area contributed by atoms with Crippen LogP contribution < -0.4 is 9.47 Å². The predicted molar refractivity (Wildman–Crippen MR) is 100 cm³/mol. The van der Waals surface area contributed by atoms with Gasteiger partial charge in [-0.1, -0.05) is 12.1 Å². The van der Waals surface area contributed by atoms with E-state index < -0.39 is 5.41 Å². The molecule has 0 aromatic heterocycles. The highest BCUT2D eigenvalue weighted by Gasteiger charge is 2.40. The molecule has 1 atom stereocenters. The minimum atomic E-state index is -0.577. The Morgan fingerprint density at radius 1 is 0.962 bits per heavy atom. The molecule has 6 heteroatoms. The monoisotopic (exact) mass is 374 g/mol. The molecule has 0 amide bonds. The van der Waals surface area contributed by atoms with Gasteiger partial charge in [-0.05, 0) is 42.8 Å². The lowest BCUT2D eigenvalue weighted by Crippen LogP contribution is -2.38. The number of rotatable bonds is 7. The van der Waals surface area contributed by atoms with E-state index in [4.69, 9.17) is 18.9 Å². The molecule has 1 heterocycles. The number of ketones is 1. The molecular weight excluding hydrogens is 352 g/mol. The van der Waals surface area contributed by atoms with Crippen LogP contribution in [0.3, 0.4) is 0 Å². The lowest BCUT2D eigenvalue weighted by atomic mass is 9.77. The Hall–Kier alpha value is -2.02. The van der Waals surface area contributed by atoms with Gasteiger partial charge in [-0.2, -0.15) is 0 Å². The lowest BCUT2D eigenvalue weighted by molar-refractivity contribution is 0.0508. The van der Waals surface area contributed by atoms with Crippen molar-refractivity contribution in [3.63, 3.8) is 0 Å². The van der Waals surface area contributed by atoms with Crippen LogP contribution in [0.15, 0.2) is 47.4 Å². The van der Waals surface area contributed by atoms with E-state index in [-0.39, 0.29) is 19.4 Å². The highest BCUT2D eigenvalue weighted by Crippen LogP contribution is 2.43. The van der Waals surface area contributed by atoms with Gasteiger partial charge in [0.2, 0.25) is 0 Å². The van der Waals surface area contributed by atoms with Crippen LogP contribution in [0.2, 0.25) is 0 Å². The van der Waals surface area contributed by atoms with Gasteiger partial charge >= 0.3 is 0 Å². The van der Waals surface area contributed by atoms with Crippen molar-refractivity contribution in [3.8, 4) is 11.5 Å². The summed E-state index contributed by atoms with van der Waals surface area (Å²) in [5, 5.41) is 0. The van der Waals surface area contributed by atoms with Crippen molar-refractivity contribution in [2.24, 2.45) is 0 Å². The van der Waals surface area contributed by atoms with E-state index in [0.717, 1.165) is 21.8 Å². The number of methoxy groups -OCH3 is 2. The smallest absolute Gasteiger partial charge is 0.188 e. The van der Waals surface area contributed by atoms with Crippen LogP contribution in [-0.2, 0) is 14.9 Å². The van der Waals surface area contributed by atoms with Crippen LogP contribution in [-0.4, -0.2) is 39.3 Å². The number of benzene rings is 2. The van der Waals surface area contributed by atoms with Gasteiger partial charge in [0, 0.05) is 30.4 Å². The van der Waals surface area contributed by atoms with Gasteiger partial charge < -0.3 is 18.9 Å². The molecule has 0 saturated carbocycles. The van der Waals surface area contributed by atoms with E-state index in [0.29, 0.717) is 11.5 Å². The van der Waals surface area contributed by atoms with Crippen molar-refractivity contribution in [3.05, 3.63) is 53.6 Å². The molecule has 26 heavy (non-hydrogen) atoms. The van der Waals surface area contributed by atoms with E-state index in [1.807, 2.05) is 49.4 Å². The fourth-order valence-corrected chi connectivity index (χ4v) is 4.13. The van der Waals surface area contributed by atoms with Crippen LogP contribution >= 0.6 is 11.8 Å². The van der Waals surface area contributed by atoms with Crippen LogP contribution in [0.5, 0.6) is 11.5 Å². The average Bonchev–Trinajstić information content (AvgIpc) is 2.68. The van der Waals surface area contributed by atoms with Gasteiger partial charge in [-0.15, -0.1) is 11.8 Å². The zero-order valence-electron chi connectivity index (χ0n) is 15.1. The molecule has 2 aromatic rings. The van der Waals surface area contributed by atoms with Crippen molar-refractivity contribution in [1.82, 2.24) is 0 Å². The molecule has 3 rings (SSSR count). The molecule has 0 fully saturated rings. The second kappa shape index (κ2) is 8.12. The first kappa shape index (κ1) is 18.8. The van der Waals surface area contributed by atoms with Crippen molar-refractivity contribution >= 4 is 17.5 Å². The fourth-order valence-electron chi connectivity index (χ4n) is 2.87. The van der Waals surface area contributed by atoms with Crippen molar-refractivity contribution in [1.29, 1.82) is 0 Å². The molecule has 138 valence electrons. The van der Waals surface area contributed by atoms with Crippen LogP contribution in [0, 0.1) is 0 Å². The third kappa shape index (κ3) is 3.72. The van der Waals surface area contributed by atoms with E-state index in [1.54, 1.807) is 26.0 Å². The first-order chi connectivity index (χ1) is 12.6. The number of ether oxygens (including phenoxy) is 4. The summed E-state index contributed by atoms with van der Waals surface area (Å²) in [4.78, 5) is 14.1. The molecule has 0 radical (unpaired) electrons. The van der Waals surface area contributed by atoms with Crippen LogP contribution in [0.1, 0.15) is 22.8 Å². The van der Waals surface area contributed by atoms with E-state index >= 15 is 0 Å². The number of carbonyl (C=O) groups excluding carboxylic acids is 1. The van der Waals surface area contributed by atoms with Gasteiger partial charge in [0.1, 0.15) is 11.5 Å². The van der Waals surface area contributed by atoms with Crippen molar-refractivity contribution in [2.75, 3.05) is 33.6 Å². The van der Waals surface area contributed by atoms with Crippen molar-refractivity contribution < 1.29 is 23.7 Å². The summed E-state index contributed by atoms with van der Waals surface area (Å²) in [5.74, 6) is 2.21. The molecule has 0 spiro atoms. The first-order valence-corrected chi connectivity index (χ1v) is 9.22. The number of hydrogen-bond donors (Lipinski definition) is 0. The number of carbonyl (C=O) groups is 1. The Morgan fingerprint density at radius 2 is 1.58 bits per heavy atom. The third-order valence-electron chi connectivity index (χ3n) is 4.39. The van der Waals surface area contributed by atoms with Gasteiger partial charge in [0.05, 0.1) is 5.41 Å². The van der Waals surface area contributed by atoms with Gasteiger partial charge in [-0.3, -0.25) is 4.79 Å². The number of thioether (sulfide) groups is 1. The molecule has 0 aliphatic carbocycles. The highest BCUT2D eigenvalue weighted by molar-refractivity contribution is 7.99. The number of Topliss-reactive ketones (excluding diaryl/α,β-unsaturated/α-hetero) is 1. The molecule has 2 aromatic carbocycles. The number of hydrogen-bond acceptors (Lipinski definition) is 6. The summed E-state index contributed by atoms with van der Waals surface area (Å²) in [6.45, 7) is 2.38. The third-order valence-corrected chi connectivity index (χ3v) is 5.76. The van der Waals surface area contributed by atoms with Crippen LogP contribution in [0.4, 0.5) is 0 Å². The Bertz CT molecular complexity index is 774.